The van der Waals surface area contributed by atoms with E-state index in [2.05, 4.69) is 4.74 Å². The van der Waals surface area contributed by atoms with Crippen LogP contribution in [0, 0.1) is 6.92 Å². The van der Waals surface area contributed by atoms with E-state index in [9.17, 15) is 18.0 Å². The lowest BCUT2D eigenvalue weighted by atomic mass is 10.2. The SMILES string of the molecule is Cc1oc(C(=O)O)cc1COCC(F)(F)F. The van der Waals surface area contributed by atoms with Crippen molar-refractivity contribution in [1.29, 1.82) is 0 Å². The summed E-state index contributed by atoms with van der Waals surface area (Å²) >= 11 is 0. The number of alkyl halides is 3. The summed E-state index contributed by atoms with van der Waals surface area (Å²) in [6.45, 7) is -0.249. The minimum absolute atomic E-state index is 0.236. The summed E-state index contributed by atoms with van der Waals surface area (Å²) < 4.78 is 44.4. The molecule has 0 aromatic carbocycles. The Hall–Kier alpha value is -1.50. The molecular weight excluding hydrogens is 229 g/mol. The predicted octanol–water partition coefficient (Wildman–Crippen LogP) is 2.37. The average Bonchev–Trinajstić information content (AvgIpc) is 2.46. The van der Waals surface area contributed by atoms with Crippen molar-refractivity contribution in [1.82, 2.24) is 0 Å². The molecule has 1 N–H and O–H groups in total. The average molecular weight is 238 g/mol. The van der Waals surface area contributed by atoms with Crippen LogP contribution in [0.3, 0.4) is 0 Å². The zero-order valence-corrected chi connectivity index (χ0v) is 8.30. The molecular formula is C9H9F3O4. The van der Waals surface area contributed by atoms with Crippen LogP contribution in [0.25, 0.3) is 0 Å². The molecule has 0 unspecified atom stereocenters. The van der Waals surface area contributed by atoms with E-state index in [-0.39, 0.29) is 18.1 Å². The molecule has 16 heavy (non-hydrogen) atoms. The van der Waals surface area contributed by atoms with Crippen molar-refractivity contribution in [3.63, 3.8) is 0 Å². The lowest BCUT2D eigenvalue weighted by Crippen LogP contribution is -2.16. The van der Waals surface area contributed by atoms with Crippen LogP contribution in [0.5, 0.6) is 0 Å². The number of aromatic carboxylic acids is 1. The van der Waals surface area contributed by atoms with Gasteiger partial charge in [0.15, 0.2) is 0 Å². The Labute approximate surface area is 88.6 Å². The van der Waals surface area contributed by atoms with E-state index in [0.29, 0.717) is 5.56 Å². The molecule has 0 spiro atoms. The van der Waals surface area contributed by atoms with E-state index in [1.807, 2.05) is 0 Å². The second-order valence-corrected chi connectivity index (χ2v) is 3.11. The van der Waals surface area contributed by atoms with Crippen molar-refractivity contribution >= 4 is 5.97 Å². The van der Waals surface area contributed by atoms with Crippen molar-refractivity contribution < 1.29 is 32.2 Å². The minimum Gasteiger partial charge on any atom is -0.475 e. The largest absolute Gasteiger partial charge is 0.475 e. The van der Waals surface area contributed by atoms with Gasteiger partial charge in [0, 0.05) is 5.56 Å². The van der Waals surface area contributed by atoms with Gasteiger partial charge in [-0.2, -0.15) is 13.2 Å². The molecule has 0 aliphatic carbocycles. The predicted molar refractivity (Wildman–Crippen MR) is 46.1 cm³/mol. The third-order valence-electron chi connectivity index (χ3n) is 1.75. The molecule has 0 bridgehead atoms. The second kappa shape index (κ2) is 4.56. The number of furan rings is 1. The van der Waals surface area contributed by atoms with Crippen molar-refractivity contribution in [2.24, 2.45) is 0 Å². The molecule has 0 radical (unpaired) electrons. The number of ether oxygens (including phenoxy) is 1. The van der Waals surface area contributed by atoms with E-state index in [0.717, 1.165) is 6.07 Å². The molecule has 0 atom stereocenters. The highest BCUT2D eigenvalue weighted by molar-refractivity contribution is 5.84. The first-order chi connectivity index (χ1) is 7.29. The first-order valence-corrected chi connectivity index (χ1v) is 4.26. The van der Waals surface area contributed by atoms with Crippen LogP contribution in [0.15, 0.2) is 10.5 Å². The number of rotatable bonds is 4. The van der Waals surface area contributed by atoms with Gasteiger partial charge in [-0.15, -0.1) is 0 Å². The second-order valence-electron chi connectivity index (χ2n) is 3.11. The quantitative estimate of drug-likeness (QED) is 0.874. The third kappa shape index (κ3) is 3.58. The zero-order valence-electron chi connectivity index (χ0n) is 8.30. The highest BCUT2D eigenvalue weighted by Crippen LogP contribution is 2.19. The third-order valence-corrected chi connectivity index (χ3v) is 1.75. The van der Waals surface area contributed by atoms with Gasteiger partial charge in [0.2, 0.25) is 5.76 Å². The number of hydrogen-bond acceptors (Lipinski definition) is 3. The molecule has 7 heteroatoms. The highest BCUT2D eigenvalue weighted by atomic mass is 19.4. The first-order valence-electron chi connectivity index (χ1n) is 4.26. The minimum atomic E-state index is -4.40. The topological polar surface area (TPSA) is 59.7 Å². The smallest absolute Gasteiger partial charge is 0.411 e. The molecule has 0 saturated heterocycles. The van der Waals surface area contributed by atoms with Gasteiger partial charge in [-0.1, -0.05) is 0 Å². The monoisotopic (exact) mass is 238 g/mol. The Bertz CT molecular complexity index is 381. The van der Waals surface area contributed by atoms with E-state index in [1.54, 1.807) is 0 Å². The number of hydrogen-bond donors (Lipinski definition) is 1. The zero-order chi connectivity index (χ0) is 12.3. The fourth-order valence-corrected chi connectivity index (χ4v) is 1.05. The van der Waals surface area contributed by atoms with Gasteiger partial charge < -0.3 is 14.3 Å². The Morgan fingerprint density at radius 1 is 1.56 bits per heavy atom. The van der Waals surface area contributed by atoms with Crippen molar-refractivity contribution in [2.45, 2.75) is 19.7 Å². The molecule has 1 rings (SSSR count). The maximum Gasteiger partial charge on any atom is 0.411 e. The maximum atomic E-state index is 11.7. The lowest BCUT2D eigenvalue weighted by molar-refractivity contribution is -0.176. The van der Waals surface area contributed by atoms with Crippen LogP contribution in [0.1, 0.15) is 21.9 Å². The van der Waals surface area contributed by atoms with Crippen LogP contribution in [0.2, 0.25) is 0 Å². The maximum absolute atomic E-state index is 11.7. The Balaban J connectivity index is 2.58. The van der Waals surface area contributed by atoms with Gasteiger partial charge in [0.05, 0.1) is 6.61 Å². The Morgan fingerprint density at radius 2 is 2.19 bits per heavy atom. The van der Waals surface area contributed by atoms with Gasteiger partial charge >= 0.3 is 12.1 Å². The normalized spacial score (nSPS) is 11.8. The summed E-state index contributed by atoms with van der Waals surface area (Å²) in [6.07, 6.45) is -4.40. The van der Waals surface area contributed by atoms with E-state index >= 15 is 0 Å². The summed E-state index contributed by atoms with van der Waals surface area (Å²) in [5.74, 6) is -1.35. The highest BCUT2D eigenvalue weighted by Gasteiger charge is 2.27. The van der Waals surface area contributed by atoms with E-state index in [4.69, 9.17) is 9.52 Å². The summed E-state index contributed by atoms with van der Waals surface area (Å²) in [7, 11) is 0. The molecule has 1 aromatic rings. The van der Waals surface area contributed by atoms with Crippen molar-refractivity contribution in [3.8, 4) is 0 Å². The number of carboxylic acid groups (broad SMARTS) is 1. The summed E-state index contributed by atoms with van der Waals surface area (Å²) in [6, 6.07) is 1.15. The Morgan fingerprint density at radius 3 is 2.62 bits per heavy atom. The van der Waals surface area contributed by atoms with Crippen LogP contribution >= 0.6 is 0 Å². The summed E-state index contributed by atoms with van der Waals surface area (Å²) in [5, 5.41) is 8.56. The van der Waals surface area contributed by atoms with E-state index in [1.165, 1.54) is 6.92 Å². The van der Waals surface area contributed by atoms with E-state index < -0.39 is 18.8 Å². The molecule has 0 amide bonds. The van der Waals surface area contributed by atoms with Crippen LogP contribution < -0.4 is 0 Å². The van der Waals surface area contributed by atoms with Gasteiger partial charge in [0.1, 0.15) is 12.4 Å². The molecule has 1 aromatic heterocycles. The molecule has 0 fully saturated rings. The van der Waals surface area contributed by atoms with Crippen molar-refractivity contribution in [3.05, 3.63) is 23.2 Å². The van der Waals surface area contributed by atoms with Crippen molar-refractivity contribution in [2.75, 3.05) is 6.61 Å². The standard InChI is InChI=1S/C9H9F3O4/c1-5-6(2-7(16-5)8(13)14)3-15-4-9(10,11)12/h2H,3-4H2,1H3,(H,13,14). The van der Waals surface area contributed by atoms with Gasteiger partial charge in [-0.3, -0.25) is 0 Å². The molecule has 4 nitrogen and oxygen atoms in total. The lowest BCUT2D eigenvalue weighted by Gasteiger charge is -2.06. The van der Waals surface area contributed by atoms with Crippen LogP contribution in [0.4, 0.5) is 13.2 Å². The molecule has 1 heterocycles. The molecule has 0 aliphatic rings. The van der Waals surface area contributed by atoms with Gasteiger partial charge in [0.25, 0.3) is 0 Å². The van der Waals surface area contributed by atoms with Gasteiger partial charge in [-0.25, -0.2) is 4.79 Å². The molecule has 0 aliphatic heterocycles. The van der Waals surface area contributed by atoms with Crippen LogP contribution in [-0.2, 0) is 11.3 Å². The number of carbonyl (C=O) groups is 1. The summed E-state index contributed by atoms with van der Waals surface area (Å²) in [4.78, 5) is 10.5. The fraction of sp³-hybridized carbons (Fsp3) is 0.444. The fourth-order valence-electron chi connectivity index (χ4n) is 1.05. The number of aryl methyl sites for hydroxylation is 1. The van der Waals surface area contributed by atoms with Gasteiger partial charge in [-0.05, 0) is 13.0 Å². The molecule has 90 valence electrons. The summed E-state index contributed by atoms with van der Waals surface area (Å²) in [5.41, 5.74) is 0.293. The molecule has 0 saturated carbocycles. The first kappa shape index (κ1) is 12.6. The van der Waals surface area contributed by atoms with Crippen LogP contribution in [-0.4, -0.2) is 23.9 Å². The number of halogens is 3. The number of carboxylic acids is 1. The Kier molecular flexibility index (Phi) is 3.58.